The van der Waals surface area contributed by atoms with E-state index in [0.717, 1.165) is 0 Å². The molecule has 0 fully saturated rings. The van der Waals surface area contributed by atoms with Crippen molar-refractivity contribution in [3.8, 4) is 17.6 Å². The van der Waals surface area contributed by atoms with Gasteiger partial charge in [0.25, 0.3) is 0 Å². The summed E-state index contributed by atoms with van der Waals surface area (Å²) in [5.41, 5.74) is 0.573. The highest BCUT2D eigenvalue weighted by molar-refractivity contribution is 5.46. The van der Waals surface area contributed by atoms with E-state index < -0.39 is 0 Å². The number of nitrogens with zero attached hydrogens (tertiary/aromatic N) is 1. The molecule has 1 aromatic carbocycles. The van der Waals surface area contributed by atoms with Crippen LogP contribution in [0.4, 0.5) is 0 Å². The second-order valence-electron chi connectivity index (χ2n) is 2.41. The van der Waals surface area contributed by atoms with E-state index >= 15 is 0 Å². The lowest BCUT2D eigenvalue weighted by molar-refractivity contribution is 0.311. The summed E-state index contributed by atoms with van der Waals surface area (Å²) in [6.07, 6.45) is 0. The van der Waals surface area contributed by atoms with Crippen molar-refractivity contribution >= 4 is 0 Å². The summed E-state index contributed by atoms with van der Waals surface area (Å²) in [5, 5.41) is 8.65. The van der Waals surface area contributed by atoms with Crippen LogP contribution < -0.4 is 9.47 Å². The van der Waals surface area contributed by atoms with Crippen LogP contribution in [0.15, 0.2) is 18.2 Å². The normalized spacial score (nSPS) is 8.20. The average molecular weight is 207 g/mol. The average Bonchev–Trinajstić information content (AvgIpc) is 2.32. The minimum absolute atomic E-state index is 0.561. The lowest BCUT2D eigenvalue weighted by Crippen LogP contribution is -1.95. The van der Waals surface area contributed by atoms with Crippen molar-refractivity contribution in [2.45, 2.75) is 20.8 Å². The molecule has 0 amide bonds. The van der Waals surface area contributed by atoms with Crippen LogP contribution in [0.3, 0.4) is 0 Å². The Morgan fingerprint density at radius 3 is 2.40 bits per heavy atom. The smallest absolute Gasteiger partial charge is 0.162 e. The Bertz CT molecular complexity index is 329. The summed E-state index contributed by atoms with van der Waals surface area (Å²) in [6, 6.07) is 7.13. The molecule has 0 radical (unpaired) electrons. The van der Waals surface area contributed by atoms with Gasteiger partial charge in [0.1, 0.15) is 0 Å². The molecule has 0 aliphatic heterocycles. The molecule has 0 aliphatic rings. The van der Waals surface area contributed by atoms with Crippen LogP contribution in [0.1, 0.15) is 26.3 Å². The molecule has 3 heteroatoms. The van der Waals surface area contributed by atoms with E-state index in [9.17, 15) is 0 Å². The Balaban J connectivity index is 0.000000921. The quantitative estimate of drug-likeness (QED) is 0.765. The van der Waals surface area contributed by atoms with Crippen LogP contribution in [-0.4, -0.2) is 13.7 Å². The Hall–Kier alpha value is -1.69. The fourth-order valence-corrected chi connectivity index (χ4v) is 1.01. The van der Waals surface area contributed by atoms with Gasteiger partial charge in [0.2, 0.25) is 0 Å². The van der Waals surface area contributed by atoms with Crippen molar-refractivity contribution in [3.05, 3.63) is 23.8 Å². The summed E-state index contributed by atoms with van der Waals surface area (Å²) in [6.45, 7) is 6.45. The molecule has 1 rings (SSSR count). The number of hydrogen-bond donors (Lipinski definition) is 0. The van der Waals surface area contributed by atoms with Gasteiger partial charge in [-0.25, -0.2) is 0 Å². The molecule has 0 N–H and O–H groups in total. The van der Waals surface area contributed by atoms with Gasteiger partial charge in [0.05, 0.1) is 25.3 Å². The molecule has 0 bridgehead atoms. The zero-order valence-electron chi connectivity index (χ0n) is 9.70. The van der Waals surface area contributed by atoms with Crippen LogP contribution in [-0.2, 0) is 0 Å². The summed E-state index contributed by atoms with van der Waals surface area (Å²) in [5.74, 6) is 1.27. The molecule has 82 valence electrons. The third-order valence-electron chi connectivity index (χ3n) is 1.59. The van der Waals surface area contributed by atoms with Crippen LogP contribution in [0.2, 0.25) is 0 Å². The Morgan fingerprint density at radius 1 is 1.27 bits per heavy atom. The highest BCUT2D eigenvalue weighted by Crippen LogP contribution is 2.27. The van der Waals surface area contributed by atoms with E-state index in [1.165, 1.54) is 0 Å². The van der Waals surface area contributed by atoms with Gasteiger partial charge >= 0.3 is 0 Å². The fraction of sp³-hybridized carbons (Fsp3) is 0.417. The number of benzene rings is 1. The molecule has 1 aromatic rings. The molecule has 3 nitrogen and oxygen atoms in total. The maximum Gasteiger partial charge on any atom is 0.162 e. The van der Waals surface area contributed by atoms with E-state index in [1.54, 1.807) is 25.3 Å². The maximum absolute atomic E-state index is 8.65. The highest BCUT2D eigenvalue weighted by atomic mass is 16.5. The topological polar surface area (TPSA) is 42.2 Å². The van der Waals surface area contributed by atoms with E-state index in [4.69, 9.17) is 14.7 Å². The SMILES string of the molecule is CC.CCOc1cc(C#N)ccc1OC. The first-order chi connectivity index (χ1) is 7.31. The third-order valence-corrected chi connectivity index (χ3v) is 1.59. The predicted molar refractivity (Wildman–Crippen MR) is 60.2 cm³/mol. The van der Waals surface area contributed by atoms with Crippen molar-refractivity contribution in [1.29, 1.82) is 5.26 Å². The number of hydrogen-bond acceptors (Lipinski definition) is 3. The third kappa shape index (κ3) is 3.90. The van der Waals surface area contributed by atoms with Gasteiger partial charge in [0, 0.05) is 6.07 Å². The van der Waals surface area contributed by atoms with Crippen molar-refractivity contribution in [3.63, 3.8) is 0 Å². The molecule has 0 aromatic heterocycles. The van der Waals surface area contributed by atoms with Gasteiger partial charge in [-0.15, -0.1) is 0 Å². The van der Waals surface area contributed by atoms with Gasteiger partial charge in [-0.3, -0.25) is 0 Å². The summed E-state index contributed by atoms with van der Waals surface area (Å²) in [4.78, 5) is 0. The summed E-state index contributed by atoms with van der Waals surface area (Å²) >= 11 is 0. The number of rotatable bonds is 3. The molecule has 0 aliphatic carbocycles. The van der Waals surface area contributed by atoms with Crippen molar-refractivity contribution in [2.24, 2.45) is 0 Å². The minimum Gasteiger partial charge on any atom is -0.493 e. The zero-order valence-corrected chi connectivity index (χ0v) is 9.70. The molecule has 15 heavy (non-hydrogen) atoms. The van der Waals surface area contributed by atoms with Gasteiger partial charge in [-0.05, 0) is 19.1 Å². The highest BCUT2D eigenvalue weighted by Gasteiger charge is 2.03. The van der Waals surface area contributed by atoms with Crippen molar-refractivity contribution in [2.75, 3.05) is 13.7 Å². The Morgan fingerprint density at radius 2 is 1.93 bits per heavy atom. The summed E-state index contributed by atoms with van der Waals surface area (Å²) < 4.78 is 10.4. The summed E-state index contributed by atoms with van der Waals surface area (Å²) in [7, 11) is 1.57. The second kappa shape index (κ2) is 7.69. The Labute approximate surface area is 91.2 Å². The zero-order chi connectivity index (χ0) is 11.7. The lowest BCUT2D eigenvalue weighted by Gasteiger charge is -2.08. The first-order valence-electron chi connectivity index (χ1n) is 5.02. The fourth-order valence-electron chi connectivity index (χ4n) is 1.01. The van der Waals surface area contributed by atoms with Crippen LogP contribution >= 0.6 is 0 Å². The standard InChI is InChI=1S/C10H11NO2.C2H6/c1-3-13-10-6-8(7-11)4-5-9(10)12-2;1-2/h4-6H,3H2,1-2H3;1-2H3. The number of methoxy groups -OCH3 is 1. The van der Waals surface area contributed by atoms with E-state index in [0.29, 0.717) is 23.7 Å². The second-order valence-corrected chi connectivity index (χ2v) is 2.41. The molecule has 0 saturated heterocycles. The first kappa shape index (κ1) is 13.3. The molecule has 0 saturated carbocycles. The molecular formula is C12H17NO2. The van der Waals surface area contributed by atoms with Gasteiger partial charge in [-0.2, -0.15) is 5.26 Å². The lowest BCUT2D eigenvalue weighted by atomic mass is 10.2. The van der Waals surface area contributed by atoms with Crippen molar-refractivity contribution in [1.82, 2.24) is 0 Å². The van der Waals surface area contributed by atoms with E-state index in [-0.39, 0.29) is 0 Å². The van der Waals surface area contributed by atoms with Gasteiger partial charge in [0.15, 0.2) is 11.5 Å². The minimum atomic E-state index is 0.561. The van der Waals surface area contributed by atoms with Crippen LogP contribution in [0.25, 0.3) is 0 Å². The van der Waals surface area contributed by atoms with Crippen molar-refractivity contribution < 1.29 is 9.47 Å². The van der Waals surface area contributed by atoms with E-state index in [2.05, 4.69) is 0 Å². The molecule has 0 spiro atoms. The number of ether oxygens (including phenoxy) is 2. The maximum atomic E-state index is 8.65. The molecule has 0 atom stereocenters. The monoisotopic (exact) mass is 207 g/mol. The molecule has 0 unspecified atom stereocenters. The van der Waals surface area contributed by atoms with E-state index in [1.807, 2.05) is 26.8 Å². The first-order valence-corrected chi connectivity index (χ1v) is 5.02. The van der Waals surface area contributed by atoms with Gasteiger partial charge < -0.3 is 9.47 Å². The largest absolute Gasteiger partial charge is 0.493 e. The van der Waals surface area contributed by atoms with Crippen LogP contribution in [0, 0.1) is 11.3 Å². The predicted octanol–water partition coefficient (Wildman–Crippen LogP) is 2.99. The molecule has 0 heterocycles. The van der Waals surface area contributed by atoms with Gasteiger partial charge in [-0.1, -0.05) is 13.8 Å². The van der Waals surface area contributed by atoms with Crippen LogP contribution in [0.5, 0.6) is 11.5 Å². The molecular weight excluding hydrogens is 190 g/mol. The Kier molecular flexibility index (Phi) is 6.82. The number of nitriles is 1.